The number of aliphatic carboxylic acids is 1. The van der Waals surface area contributed by atoms with Crippen LogP contribution in [-0.4, -0.2) is 32.2 Å². The summed E-state index contributed by atoms with van der Waals surface area (Å²) in [6.45, 7) is 0.761. The molecule has 0 aliphatic carbocycles. The maximum atomic E-state index is 10.5. The number of thiazole rings is 1. The van der Waals surface area contributed by atoms with Crippen molar-refractivity contribution in [2.45, 2.75) is 19.3 Å². The van der Waals surface area contributed by atoms with Crippen molar-refractivity contribution in [1.82, 2.24) is 14.5 Å². The summed E-state index contributed by atoms with van der Waals surface area (Å²) >= 11 is 1.50. The third-order valence-corrected chi connectivity index (χ3v) is 3.54. The fraction of sp³-hybridized carbons (Fsp3) is 0.417. The maximum absolute atomic E-state index is 10.5. The Morgan fingerprint density at radius 1 is 1.53 bits per heavy atom. The Labute approximate surface area is 115 Å². The lowest BCUT2D eigenvalue weighted by Gasteiger charge is -2.02. The van der Waals surface area contributed by atoms with E-state index in [9.17, 15) is 4.79 Å². The third-order valence-electron chi connectivity index (χ3n) is 2.69. The van der Waals surface area contributed by atoms with Gasteiger partial charge in [-0.3, -0.25) is 4.79 Å². The van der Waals surface area contributed by atoms with Gasteiger partial charge in [0, 0.05) is 44.2 Å². The lowest BCUT2D eigenvalue weighted by Crippen LogP contribution is -2.08. The summed E-state index contributed by atoms with van der Waals surface area (Å²) in [6.07, 6.45) is 5.13. The molecule has 2 aromatic rings. The van der Waals surface area contributed by atoms with Crippen LogP contribution >= 0.6 is 11.3 Å². The van der Waals surface area contributed by atoms with E-state index < -0.39 is 5.97 Å². The second-order valence-corrected chi connectivity index (χ2v) is 5.03. The molecule has 0 aliphatic heterocycles. The molecule has 0 aromatic carbocycles. The van der Waals surface area contributed by atoms with Crippen LogP contribution in [0, 0.1) is 0 Å². The second-order valence-electron chi connectivity index (χ2n) is 4.17. The van der Waals surface area contributed by atoms with E-state index in [2.05, 4.69) is 15.3 Å². The Kier molecular flexibility index (Phi) is 4.51. The fourth-order valence-electron chi connectivity index (χ4n) is 1.66. The number of carbonyl (C=O) groups is 1. The van der Waals surface area contributed by atoms with E-state index in [1.165, 1.54) is 11.3 Å². The summed E-state index contributed by atoms with van der Waals surface area (Å²) in [5.74, 6) is 0.229. The van der Waals surface area contributed by atoms with Gasteiger partial charge in [-0.15, -0.1) is 11.3 Å². The van der Waals surface area contributed by atoms with Crippen molar-refractivity contribution in [3.63, 3.8) is 0 Å². The molecule has 2 rings (SSSR count). The highest BCUT2D eigenvalue weighted by atomic mass is 32.1. The zero-order chi connectivity index (χ0) is 13.7. The van der Waals surface area contributed by atoms with Gasteiger partial charge in [-0.25, -0.2) is 9.97 Å². The molecule has 2 aromatic heterocycles. The molecule has 2 heterocycles. The Morgan fingerprint density at radius 2 is 2.37 bits per heavy atom. The van der Waals surface area contributed by atoms with Crippen molar-refractivity contribution in [3.05, 3.63) is 29.3 Å². The molecule has 6 nitrogen and oxygen atoms in total. The van der Waals surface area contributed by atoms with Crippen molar-refractivity contribution < 1.29 is 9.90 Å². The summed E-state index contributed by atoms with van der Waals surface area (Å²) in [5, 5.41) is 14.6. The number of imidazole rings is 1. The molecular weight excluding hydrogens is 264 g/mol. The van der Waals surface area contributed by atoms with Crippen LogP contribution in [-0.2, 0) is 24.7 Å². The highest BCUT2D eigenvalue weighted by Crippen LogP contribution is 2.16. The number of hydrogen-bond donors (Lipinski definition) is 2. The van der Waals surface area contributed by atoms with Crippen LogP contribution in [0.25, 0.3) is 0 Å². The topological polar surface area (TPSA) is 80.0 Å². The monoisotopic (exact) mass is 280 g/mol. The highest BCUT2D eigenvalue weighted by Gasteiger charge is 2.05. The standard InChI is InChI=1S/C12H16N4O2S/c1-16-7-6-13-10(16)4-5-14-12-15-9(8-19-12)2-3-11(17)18/h6-8H,2-5H2,1H3,(H,14,15)(H,17,18). The average molecular weight is 280 g/mol. The van der Waals surface area contributed by atoms with Gasteiger partial charge in [-0.2, -0.15) is 0 Å². The minimum absolute atomic E-state index is 0.121. The summed E-state index contributed by atoms with van der Waals surface area (Å²) < 4.78 is 1.99. The van der Waals surface area contributed by atoms with Crippen molar-refractivity contribution in [1.29, 1.82) is 0 Å². The molecule has 0 radical (unpaired) electrons. The van der Waals surface area contributed by atoms with Gasteiger partial charge in [0.2, 0.25) is 0 Å². The third kappa shape index (κ3) is 4.06. The zero-order valence-corrected chi connectivity index (χ0v) is 11.5. The molecule has 0 unspecified atom stereocenters. The van der Waals surface area contributed by atoms with E-state index in [4.69, 9.17) is 5.11 Å². The van der Waals surface area contributed by atoms with Crippen LogP contribution in [0.3, 0.4) is 0 Å². The molecule has 0 saturated heterocycles. The van der Waals surface area contributed by atoms with Gasteiger partial charge in [0.05, 0.1) is 12.1 Å². The summed E-state index contributed by atoms with van der Waals surface area (Å²) in [7, 11) is 1.97. The minimum atomic E-state index is -0.794. The molecule has 0 atom stereocenters. The normalized spacial score (nSPS) is 10.6. The summed E-state index contributed by atoms with van der Waals surface area (Å²) in [5.41, 5.74) is 0.826. The Hall–Kier alpha value is -1.89. The molecule has 0 fully saturated rings. The van der Waals surface area contributed by atoms with Gasteiger partial charge in [0.15, 0.2) is 5.13 Å². The molecule has 0 saturated carbocycles. The van der Waals surface area contributed by atoms with Crippen LogP contribution in [0.15, 0.2) is 17.8 Å². The SMILES string of the molecule is Cn1ccnc1CCNc1nc(CCC(=O)O)cs1. The number of hydrogen-bond acceptors (Lipinski definition) is 5. The summed E-state index contributed by atoms with van der Waals surface area (Å²) in [4.78, 5) is 19.0. The van der Waals surface area contributed by atoms with Crippen LogP contribution in [0.5, 0.6) is 0 Å². The quantitative estimate of drug-likeness (QED) is 0.804. The largest absolute Gasteiger partial charge is 0.481 e. The van der Waals surface area contributed by atoms with Gasteiger partial charge >= 0.3 is 5.97 Å². The molecular formula is C12H16N4O2S. The number of aromatic nitrogens is 3. The number of nitrogens with one attached hydrogen (secondary N) is 1. The van der Waals surface area contributed by atoms with E-state index >= 15 is 0 Å². The first kappa shape index (κ1) is 13.5. The first-order valence-corrected chi connectivity index (χ1v) is 6.89. The van der Waals surface area contributed by atoms with E-state index in [0.29, 0.717) is 6.42 Å². The zero-order valence-electron chi connectivity index (χ0n) is 10.7. The molecule has 102 valence electrons. The van der Waals surface area contributed by atoms with Gasteiger partial charge in [0.25, 0.3) is 0 Å². The number of carboxylic acids is 1. The lowest BCUT2D eigenvalue weighted by molar-refractivity contribution is -0.136. The van der Waals surface area contributed by atoms with Crippen LogP contribution < -0.4 is 5.32 Å². The number of aryl methyl sites for hydroxylation is 2. The van der Waals surface area contributed by atoms with Crippen LogP contribution in [0.4, 0.5) is 5.13 Å². The van der Waals surface area contributed by atoms with Crippen LogP contribution in [0.2, 0.25) is 0 Å². The maximum Gasteiger partial charge on any atom is 0.303 e. The summed E-state index contributed by atoms with van der Waals surface area (Å²) in [6, 6.07) is 0. The predicted octanol–water partition coefficient (Wildman–Crippen LogP) is 1.55. The van der Waals surface area contributed by atoms with Crippen molar-refractivity contribution in [2.75, 3.05) is 11.9 Å². The van der Waals surface area contributed by atoms with Gasteiger partial charge < -0.3 is 15.0 Å². The van der Waals surface area contributed by atoms with Gasteiger partial charge in [-0.1, -0.05) is 0 Å². The molecule has 0 spiro atoms. The number of carboxylic acid groups (broad SMARTS) is 1. The first-order valence-electron chi connectivity index (χ1n) is 6.01. The van der Waals surface area contributed by atoms with Crippen molar-refractivity contribution >= 4 is 22.4 Å². The smallest absolute Gasteiger partial charge is 0.303 e. The predicted molar refractivity (Wildman–Crippen MR) is 73.5 cm³/mol. The Bertz CT molecular complexity index is 549. The Balaban J connectivity index is 1.77. The van der Waals surface area contributed by atoms with E-state index in [1.54, 1.807) is 6.20 Å². The van der Waals surface area contributed by atoms with E-state index in [0.717, 1.165) is 29.6 Å². The molecule has 7 heteroatoms. The molecule has 0 amide bonds. The van der Waals surface area contributed by atoms with Crippen molar-refractivity contribution in [2.24, 2.45) is 7.05 Å². The Morgan fingerprint density at radius 3 is 3.05 bits per heavy atom. The average Bonchev–Trinajstić information content (AvgIpc) is 2.97. The fourth-order valence-corrected chi connectivity index (χ4v) is 2.43. The number of nitrogens with zero attached hydrogens (tertiary/aromatic N) is 3. The number of anilines is 1. The molecule has 0 bridgehead atoms. The number of rotatable bonds is 7. The second kappa shape index (κ2) is 6.33. The first-order chi connectivity index (χ1) is 9.15. The molecule has 0 aliphatic rings. The van der Waals surface area contributed by atoms with Gasteiger partial charge in [0.1, 0.15) is 5.82 Å². The van der Waals surface area contributed by atoms with E-state index in [1.807, 2.05) is 23.2 Å². The molecule has 19 heavy (non-hydrogen) atoms. The minimum Gasteiger partial charge on any atom is -0.481 e. The van der Waals surface area contributed by atoms with E-state index in [-0.39, 0.29) is 6.42 Å². The van der Waals surface area contributed by atoms with Gasteiger partial charge in [-0.05, 0) is 0 Å². The van der Waals surface area contributed by atoms with Crippen molar-refractivity contribution in [3.8, 4) is 0 Å². The lowest BCUT2D eigenvalue weighted by atomic mass is 10.2. The highest BCUT2D eigenvalue weighted by molar-refractivity contribution is 7.13. The molecule has 2 N–H and O–H groups in total. The van der Waals surface area contributed by atoms with Crippen LogP contribution in [0.1, 0.15) is 17.9 Å².